The molecule has 0 aliphatic heterocycles. The van der Waals surface area contributed by atoms with Crippen molar-refractivity contribution in [2.75, 3.05) is 5.32 Å². The third-order valence-corrected chi connectivity index (χ3v) is 2.76. The van der Waals surface area contributed by atoms with Crippen LogP contribution in [-0.2, 0) is 0 Å². The maximum absolute atomic E-state index is 11.2. The summed E-state index contributed by atoms with van der Waals surface area (Å²) in [6.45, 7) is 1.88. The van der Waals surface area contributed by atoms with Gasteiger partial charge in [-0.2, -0.15) is 0 Å². The fourth-order valence-corrected chi connectivity index (χ4v) is 1.87. The van der Waals surface area contributed by atoms with Gasteiger partial charge in [-0.3, -0.25) is 10.1 Å². The van der Waals surface area contributed by atoms with Crippen LogP contribution in [0.25, 0.3) is 0 Å². The Bertz CT molecular complexity index is 650. The molecular formula is C14H12N2O4. The molecule has 0 heterocycles. The van der Waals surface area contributed by atoms with Crippen molar-refractivity contribution in [3.05, 3.63) is 63.7 Å². The van der Waals surface area contributed by atoms with Gasteiger partial charge in [0.25, 0.3) is 5.69 Å². The van der Waals surface area contributed by atoms with Gasteiger partial charge in [-0.15, -0.1) is 0 Å². The van der Waals surface area contributed by atoms with Crippen LogP contribution < -0.4 is 5.32 Å². The number of aromatic carboxylic acids is 1. The van der Waals surface area contributed by atoms with Crippen molar-refractivity contribution in [3.8, 4) is 0 Å². The monoisotopic (exact) mass is 272 g/mol. The van der Waals surface area contributed by atoms with Crippen LogP contribution in [0, 0.1) is 17.0 Å². The molecule has 2 aromatic rings. The maximum Gasteiger partial charge on any atom is 0.338 e. The molecule has 0 saturated heterocycles. The topological polar surface area (TPSA) is 92.5 Å². The lowest BCUT2D eigenvalue weighted by atomic mass is 10.1. The second-order valence-electron chi connectivity index (χ2n) is 4.26. The van der Waals surface area contributed by atoms with E-state index in [0.29, 0.717) is 5.69 Å². The first kappa shape index (κ1) is 13.5. The summed E-state index contributed by atoms with van der Waals surface area (Å²) < 4.78 is 0. The number of hydrogen-bond acceptors (Lipinski definition) is 4. The second kappa shape index (κ2) is 5.40. The number of nitrogens with zero attached hydrogens (tertiary/aromatic N) is 1. The van der Waals surface area contributed by atoms with E-state index in [0.717, 1.165) is 5.56 Å². The lowest BCUT2D eigenvalue weighted by molar-refractivity contribution is -0.383. The highest BCUT2D eigenvalue weighted by atomic mass is 16.6. The summed E-state index contributed by atoms with van der Waals surface area (Å²) in [5, 5.41) is 23.0. The molecule has 0 aliphatic carbocycles. The number of benzene rings is 2. The Morgan fingerprint density at radius 2 is 1.95 bits per heavy atom. The van der Waals surface area contributed by atoms with Gasteiger partial charge in [-0.1, -0.05) is 18.2 Å². The minimum Gasteiger partial charge on any atom is -0.478 e. The van der Waals surface area contributed by atoms with Crippen LogP contribution in [0.3, 0.4) is 0 Å². The molecular weight excluding hydrogens is 260 g/mol. The zero-order chi connectivity index (χ0) is 14.7. The third kappa shape index (κ3) is 2.74. The normalized spacial score (nSPS) is 10.1. The van der Waals surface area contributed by atoms with Crippen LogP contribution in [-0.4, -0.2) is 16.0 Å². The van der Waals surface area contributed by atoms with E-state index in [-0.39, 0.29) is 16.9 Å². The molecule has 102 valence electrons. The summed E-state index contributed by atoms with van der Waals surface area (Å²) in [6, 6.07) is 11.1. The number of nitro benzene ring substituents is 1. The maximum atomic E-state index is 11.2. The SMILES string of the molecule is Cc1cccc(Nc2c(C(=O)O)cccc2[N+](=O)[O-])c1. The van der Waals surface area contributed by atoms with Gasteiger partial charge in [-0.25, -0.2) is 4.79 Å². The Kier molecular flexibility index (Phi) is 3.65. The quantitative estimate of drug-likeness (QED) is 0.657. The molecule has 0 amide bonds. The summed E-state index contributed by atoms with van der Waals surface area (Å²) in [5.41, 5.74) is 1.13. The molecule has 6 nitrogen and oxygen atoms in total. The van der Waals surface area contributed by atoms with E-state index in [9.17, 15) is 14.9 Å². The number of aryl methyl sites for hydroxylation is 1. The van der Waals surface area contributed by atoms with Crippen molar-refractivity contribution in [1.29, 1.82) is 0 Å². The number of rotatable bonds is 4. The second-order valence-corrected chi connectivity index (χ2v) is 4.26. The fourth-order valence-electron chi connectivity index (χ4n) is 1.87. The fraction of sp³-hybridized carbons (Fsp3) is 0.0714. The van der Waals surface area contributed by atoms with Crippen molar-refractivity contribution >= 4 is 23.0 Å². The molecule has 0 fully saturated rings. The molecule has 0 aromatic heterocycles. The Balaban J connectivity index is 2.53. The van der Waals surface area contributed by atoms with Crippen LogP contribution in [0.4, 0.5) is 17.1 Å². The van der Waals surface area contributed by atoms with Gasteiger partial charge in [0.2, 0.25) is 0 Å². The molecule has 0 unspecified atom stereocenters. The highest BCUT2D eigenvalue weighted by Crippen LogP contribution is 2.31. The van der Waals surface area contributed by atoms with Gasteiger partial charge in [-0.05, 0) is 30.7 Å². The summed E-state index contributed by atoms with van der Waals surface area (Å²) in [7, 11) is 0. The number of carbonyl (C=O) groups is 1. The number of anilines is 2. The molecule has 20 heavy (non-hydrogen) atoms. The number of para-hydroxylation sites is 1. The smallest absolute Gasteiger partial charge is 0.338 e. The van der Waals surface area contributed by atoms with Crippen LogP contribution in [0.15, 0.2) is 42.5 Å². The standard InChI is InChI=1S/C14H12N2O4/c1-9-4-2-5-10(8-9)15-13-11(14(17)18)6-3-7-12(13)16(19)20/h2-8,15H,1H3,(H,17,18). The Labute approximate surface area is 114 Å². The van der Waals surface area contributed by atoms with Gasteiger partial charge in [0.1, 0.15) is 5.69 Å². The number of carboxylic acid groups (broad SMARTS) is 1. The molecule has 2 aromatic carbocycles. The first-order valence-corrected chi connectivity index (χ1v) is 5.83. The van der Waals surface area contributed by atoms with Crippen LogP contribution in [0.1, 0.15) is 15.9 Å². The highest BCUT2D eigenvalue weighted by Gasteiger charge is 2.21. The summed E-state index contributed by atoms with van der Waals surface area (Å²) >= 11 is 0. The van der Waals surface area contributed by atoms with E-state index < -0.39 is 10.9 Å². The van der Waals surface area contributed by atoms with Crippen molar-refractivity contribution in [2.45, 2.75) is 6.92 Å². The largest absolute Gasteiger partial charge is 0.478 e. The minimum atomic E-state index is -1.22. The average Bonchev–Trinajstić information content (AvgIpc) is 2.38. The van der Waals surface area contributed by atoms with Gasteiger partial charge in [0.15, 0.2) is 0 Å². The average molecular weight is 272 g/mol. The van der Waals surface area contributed by atoms with Crippen molar-refractivity contribution < 1.29 is 14.8 Å². The van der Waals surface area contributed by atoms with Gasteiger partial charge in [0.05, 0.1) is 10.5 Å². The molecule has 0 radical (unpaired) electrons. The van der Waals surface area contributed by atoms with Crippen LogP contribution in [0.2, 0.25) is 0 Å². The van der Waals surface area contributed by atoms with Crippen LogP contribution in [0.5, 0.6) is 0 Å². The Morgan fingerprint density at radius 1 is 1.25 bits per heavy atom. The number of carboxylic acids is 1. The predicted molar refractivity (Wildman–Crippen MR) is 74.5 cm³/mol. The van der Waals surface area contributed by atoms with Crippen molar-refractivity contribution in [1.82, 2.24) is 0 Å². The zero-order valence-electron chi connectivity index (χ0n) is 10.7. The predicted octanol–water partition coefficient (Wildman–Crippen LogP) is 3.35. The lowest BCUT2D eigenvalue weighted by Crippen LogP contribution is -2.05. The van der Waals surface area contributed by atoms with Gasteiger partial charge in [0, 0.05) is 11.8 Å². The van der Waals surface area contributed by atoms with E-state index in [1.165, 1.54) is 18.2 Å². The van der Waals surface area contributed by atoms with Gasteiger partial charge < -0.3 is 10.4 Å². The first-order chi connectivity index (χ1) is 9.49. The van der Waals surface area contributed by atoms with E-state index in [2.05, 4.69) is 5.32 Å². The Morgan fingerprint density at radius 3 is 2.55 bits per heavy atom. The first-order valence-electron chi connectivity index (χ1n) is 5.83. The molecule has 2 rings (SSSR count). The van der Waals surface area contributed by atoms with E-state index in [1.54, 1.807) is 18.2 Å². The minimum absolute atomic E-state index is 0.0180. The summed E-state index contributed by atoms with van der Waals surface area (Å²) in [6.07, 6.45) is 0. The Hall–Kier alpha value is -2.89. The lowest BCUT2D eigenvalue weighted by Gasteiger charge is -2.10. The summed E-state index contributed by atoms with van der Waals surface area (Å²) in [5.74, 6) is -1.22. The number of nitrogens with one attached hydrogen (secondary N) is 1. The van der Waals surface area contributed by atoms with Crippen molar-refractivity contribution in [2.24, 2.45) is 0 Å². The molecule has 2 N–H and O–H groups in total. The summed E-state index contributed by atoms with van der Waals surface area (Å²) in [4.78, 5) is 21.6. The van der Waals surface area contributed by atoms with E-state index in [4.69, 9.17) is 5.11 Å². The molecule has 0 saturated carbocycles. The molecule has 0 bridgehead atoms. The molecule has 0 spiro atoms. The van der Waals surface area contributed by atoms with Crippen LogP contribution >= 0.6 is 0 Å². The van der Waals surface area contributed by atoms with Crippen molar-refractivity contribution in [3.63, 3.8) is 0 Å². The molecule has 0 aliphatic rings. The number of hydrogen-bond donors (Lipinski definition) is 2. The number of nitro groups is 1. The van der Waals surface area contributed by atoms with E-state index >= 15 is 0 Å². The third-order valence-electron chi connectivity index (χ3n) is 2.76. The highest BCUT2D eigenvalue weighted by molar-refractivity contribution is 5.98. The van der Waals surface area contributed by atoms with Gasteiger partial charge >= 0.3 is 5.97 Å². The molecule has 0 atom stereocenters. The zero-order valence-corrected chi connectivity index (χ0v) is 10.7. The molecule has 6 heteroatoms. The van der Waals surface area contributed by atoms with E-state index in [1.807, 2.05) is 13.0 Å².